The molecule has 38 heavy (non-hydrogen) atoms. The van der Waals surface area contributed by atoms with E-state index < -0.39 is 17.7 Å². The Morgan fingerprint density at radius 1 is 1.05 bits per heavy atom. The number of nitrogens with two attached hydrogens (primary N) is 1. The summed E-state index contributed by atoms with van der Waals surface area (Å²) >= 11 is 2.99. The van der Waals surface area contributed by atoms with Crippen LogP contribution in [0.4, 0.5) is 0 Å². The van der Waals surface area contributed by atoms with Crippen LogP contribution in [-0.2, 0) is 25.6 Å². The molecular weight excluding hydrogens is 526 g/mol. The van der Waals surface area contributed by atoms with Gasteiger partial charge < -0.3 is 30.7 Å². The third kappa shape index (κ3) is 5.63. The van der Waals surface area contributed by atoms with Gasteiger partial charge in [-0.25, -0.2) is 0 Å². The molecule has 2 aromatic heterocycles. The second-order valence-electron chi connectivity index (χ2n) is 9.05. The summed E-state index contributed by atoms with van der Waals surface area (Å²) in [5.74, 6) is -2.19. The Morgan fingerprint density at radius 2 is 1.82 bits per heavy atom. The number of benzene rings is 1. The van der Waals surface area contributed by atoms with Crippen LogP contribution in [0.1, 0.15) is 27.2 Å². The summed E-state index contributed by atoms with van der Waals surface area (Å²) in [6.07, 6.45) is 0.200. The van der Waals surface area contributed by atoms with Crippen LogP contribution in [-0.4, -0.2) is 66.6 Å². The van der Waals surface area contributed by atoms with E-state index in [2.05, 4.69) is 10.6 Å². The van der Waals surface area contributed by atoms with Gasteiger partial charge in [0, 0.05) is 27.8 Å². The average molecular weight is 554 g/mol. The van der Waals surface area contributed by atoms with Gasteiger partial charge in [0.25, 0.3) is 5.91 Å². The highest BCUT2D eigenvalue weighted by molar-refractivity contribution is 7.10. The third-order valence-electron chi connectivity index (χ3n) is 6.53. The molecule has 1 spiro atoms. The van der Waals surface area contributed by atoms with Crippen molar-refractivity contribution in [2.75, 3.05) is 26.3 Å². The van der Waals surface area contributed by atoms with E-state index >= 15 is 0 Å². The molecule has 2 saturated heterocycles. The van der Waals surface area contributed by atoms with E-state index in [9.17, 15) is 14.4 Å². The van der Waals surface area contributed by atoms with Crippen LogP contribution in [0.3, 0.4) is 0 Å². The quantitative estimate of drug-likeness (QED) is 0.248. The fourth-order valence-electron chi connectivity index (χ4n) is 4.55. The molecule has 0 radical (unpaired) electrons. The third-order valence-corrected chi connectivity index (χ3v) is 8.15. The minimum Gasteiger partial charge on any atom is -0.384 e. The number of nitrogens with zero attached hydrogens (tertiary/aromatic N) is 1. The number of likely N-dealkylation sites (tertiary alicyclic amines) is 1. The lowest BCUT2D eigenvalue weighted by Crippen LogP contribution is -2.49. The summed E-state index contributed by atoms with van der Waals surface area (Å²) in [7, 11) is 0. The van der Waals surface area contributed by atoms with Crippen LogP contribution in [0.15, 0.2) is 52.5 Å². The maximum Gasteiger partial charge on any atom is 0.251 e. The molecule has 5 N–H and O–H groups in total. The van der Waals surface area contributed by atoms with E-state index in [4.69, 9.17) is 20.6 Å². The molecule has 3 amide bonds. The van der Waals surface area contributed by atoms with Gasteiger partial charge in [-0.1, -0.05) is 12.1 Å². The first-order valence-corrected chi connectivity index (χ1v) is 13.8. The Bertz CT molecular complexity index is 1330. The zero-order valence-electron chi connectivity index (χ0n) is 20.4. The molecule has 12 heteroatoms. The summed E-state index contributed by atoms with van der Waals surface area (Å²) in [6.45, 7) is 0.845. The zero-order chi connectivity index (χ0) is 26.7. The van der Waals surface area contributed by atoms with Gasteiger partial charge in [0.1, 0.15) is 11.9 Å². The Balaban J connectivity index is 1.21. The highest BCUT2D eigenvalue weighted by atomic mass is 32.1. The molecule has 2 aliphatic rings. The largest absolute Gasteiger partial charge is 0.384 e. The van der Waals surface area contributed by atoms with Gasteiger partial charge in [0.2, 0.25) is 11.8 Å². The molecule has 5 rings (SSSR count). The van der Waals surface area contributed by atoms with Gasteiger partial charge >= 0.3 is 0 Å². The van der Waals surface area contributed by atoms with Crippen LogP contribution in [0.2, 0.25) is 0 Å². The first kappa shape index (κ1) is 26.0. The predicted octanol–water partition coefficient (Wildman–Crippen LogP) is 2.15. The van der Waals surface area contributed by atoms with Gasteiger partial charge in [-0.05, 0) is 46.2 Å². The van der Waals surface area contributed by atoms with Gasteiger partial charge in [-0.2, -0.15) is 11.3 Å². The van der Waals surface area contributed by atoms with E-state index in [1.807, 2.05) is 29.0 Å². The van der Waals surface area contributed by atoms with Crippen molar-refractivity contribution in [3.63, 3.8) is 0 Å². The minimum absolute atomic E-state index is 0.0377. The van der Waals surface area contributed by atoms with Crippen molar-refractivity contribution in [1.82, 2.24) is 15.5 Å². The fourth-order valence-corrected chi connectivity index (χ4v) is 6.04. The number of carbonyl (C=O) groups excluding carboxylic acids is 3. The van der Waals surface area contributed by atoms with E-state index in [1.165, 1.54) is 16.2 Å². The highest BCUT2D eigenvalue weighted by Crippen LogP contribution is 2.35. The highest BCUT2D eigenvalue weighted by Gasteiger charge is 2.52. The van der Waals surface area contributed by atoms with Gasteiger partial charge in [0.15, 0.2) is 5.79 Å². The van der Waals surface area contributed by atoms with Crippen LogP contribution in [0.5, 0.6) is 0 Å². The van der Waals surface area contributed by atoms with Crippen molar-refractivity contribution in [3.05, 3.63) is 68.5 Å². The monoisotopic (exact) mass is 553 g/mol. The molecule has 10 nitrogen and oxygen atoms in total. The minimum atomic E-state index is -1.02. The molecular formula is C26H27N5O5S2. The number of nitrogens with one attached hydrogen (secondary N) is 3. The maximum absolute atomic E-state index is 13.2. The summed E-state index contributed by atoms with van der Waals surface area (Å²) < 4.78 is 11.5. The first-order chi connectivity index (χ1) is 18.3. The number of rotatable bonds is 8. The SMILES string of the molecule is N=C(N)c1csc(CNC(=O)[C@@H]2CC3(CN2C(=O)CNC(=O)c2ccc(-c4ccsc4)cc2)OCCO3)c1. The van der Waals surface area contributed by atoms with Crippen molar-refractivity contribution < 1.29 is 23.9 Å². The van der Waals surface area contributed by atoms with Crippen LogP contribution < -0.4 is 16.4 Å². The van der Waals surface area contributed by atoms with Crippen LogP contribution >= 0.6 is 22.7 Å². The van der Waals surface area contributed by atoms with Gasteiger partial charge in [-0.15, -0.1) is 11.3 Å². The van der Waals surface area contributed by atoms with Crippen molar-refractivity contribution in [2.24, 2.45) is 5.73 Å². The van der Waals surface area contributed by atoms with E-state index in [1.54, 1.807) is 34.9 Å². The van der Waals surface area contributed by atoms with E-state index in [0.29, 0.717) is 24.3 Å². The Morgan fingerprint density at radius 3 is 2.47 bits per heavy atom. The van der Waals surface area contributed by atoms with E-state index in [-0.39, 0.29) is 43.7 Å². The number of ether oxygens (including phenoxy) is 2. The lowest BCUT2D eigenvalue weighted by molar-refractivity contribution is -0.152. The average Bonchev–Trinajstić information content (AvgIpc) is 3.74. The second-order valence-corrected chi connectivity index (χ2v) is 10.8. The van der Waals surface area contributed by atoms with Gasteiger partial charge in [-0.3, -0.25) is 19.8 Å². The standard InChI is InChI=1S/C26H27N5O5S2/c27-23(28)19-9-20(38-14-19)11-29-25(34)21-10-26(35-6-7-36-26)15-31(21)22(32)12-30-24(33)17-3-1-16(2-4-17)18-5-8-37-13-18/h1-5,8-9,13-14,21H,6-7,10-12,15H2,(H3,27,28)(H,29,34)(H,30,33)/t21-/m0/s1. The van der Waals surface area contributed by atoms with E-state index in [0.717, 1.165) is 16.0 Å². The van der Waals surface area contributed by atoms with Crippen molar-refractivity contribution in [1.29, 1.82) is 5.41 Å². The van der Waals surface area contributed by atoms with Crippen LogP contribution in [0, 0.1) is 5.41 Å². The van der Waals surface area contributed by atoms with Crippen molar-refractivity contribution in [3.8, 4) is 11.1 Å². The molecule has 1 aromatic carbocycles. The summed E-state index contributed by atoms with van der Waals surface area (Å²) in [6, 6.07) is 10.1. The molecule has 2 fully saturated rings. The molecule has 0 bridgehead atoms. The summed E-state index contributed by atoms with van der Waals surface area (Å²) in [4.78, 5) is 41.3. The number of nitrogen functional groups attached to an aromatic ring is 1. The molecule has 4 heterocycles. The second kappa shape index (κ2) is 11.0. The normalized spacial score (nSPS) is 18.0. The Kier molecular flexibility index (Phi) is 7.56. The molecule has 3 aromatic rings. The number of hydrogen-bond donors (Lipinski definition) is 4. The molecule has 0 unspecified atom stereocenters. The number of amidine groups is 1. The number of carbonyl (C=O) groups is 3. The molecule has 0 saturated carbocycles. The zero-order valence-corrected chi connectivity index (χ0v) is 22.0. The molecule has 2 aliphatic heterocycles. The molecule has 0 aliphatic carbocycles. The smallest absolute Gasteiger partial charge is 0.251 e. The lowest BCUT2D eigenvalue weighted by Gasteiger charge is -2.24. The summed E-state index contributed by atoms with van der Waals surface area (Å²) in [5.41, 5.74) is 8.64. The summed E-state index contributed by atoms with van der Waals surface area (Å²) in [5, 5.41) is 18.8. The van der Waals surface area contributed by atoms with Gasteiger partial charge in [0.05, 0.1) is 32.8 Å². The molecule has 1 atom stereocenters. The first-order valence-electron chi connectivity index (χ1n) is 12.0. The van der Waals surface area contributed by atoms with Crippen molar-refractivity contribution >= 4 is 46.2 Å². The number of amides is 3. The Labute approximate surface area is 227 Å². The Hall–Kier alpha value is -3.58. The lowest BCUT2D eigenvalue weighted by atomic mass is 10.1. The fraction of sp³-hybridized carbons (Fsp3) is 0.308. The number of hydrogen-bond acceptors (Lipinski definition) is 8. The molecule has 198 valence electrons. The van der Waals surface area contributed by atoms with Crippen molar-refractivity contribution in [2.45, 2.75) is 24.8 Å². The maximum atomic E-state index is 13.2. The topological polar surface area (TPSA) is 147 Å². The van der Waals surface area contributed by atoms with Crippen LogP contribution in [0.25, 0.3) is 11.1 Å². The number of thiophene rings is 2. The predicted molar refractivity (Wildman–Crippen MR) is 144 cm³/mol.